The van der Waals surface area contributed by atoms with Gasteiger partial charge in [0.05, 0.1) is 13.1 Å². The van der Waals surface area contributed by atoms with Gasteiger partial charge in [0.1, 0.15) is 0 Å². The van der Waals surface area contributed by atoms with Gasteiger partial charge < -0.3 is 19.4 Å². The van der Waals surface area contributed by atoms with Gasteiger partial charge in [0.15, 0.2) is 0 Å². The van der Waals surface area contributed by atoms with Gasteiger partial charge in [0, 0.05) is 10.5 Å². The van der Waals surface area contributed by atoms with E-state index in [-0.39, 0.29) is 35.6 Å². The highest BCUT2D eigenvalue weighted by atomic mass is 17.0. The molecule has 0 bridgehead atoms. The second kappa shape index (κ2) is 11.1. The molecule has 14 heteroatoms. The van der Waals surface area contributed by atoms with E-state index in [9.17, 15) is 38.4 Å². The standard InChI is InChI=1S/C10H8N2O12/c13-3-7(17)21-11(22-8(18)4-14)1-2-12(23-9(19)5-15)24-10(20)6-16/h3-6H,1-2H2. The van der Waals surface area contributed by atoms with Crippen LogP contribution in [-0.2, 0) is 57.7 Å². The van der Waals surface area contributed by atoms with Crippen molar-refractivity contribution in [3.8, 4) is 0 Å². The van der Waals surface area contributed by atoms with Gasteiger partial charge in [0.25, 0.3) is 0 Å². The number of aldehydes is 4. The summed E-state index contributed by atoms with van der Waals surface area (Å²) >= 11 is 0. The van der Waals surface area contributed by atoms with Crippen LogP contribution in [0.5, 0.6) is 0 Å². The lowest BCUT2D eigenvalue weighted by molar-refractivity contribution is -0.351. The summed E-state index contributed by atoms with van der Waals surface area (Å²) in [7, 11) is 0. The summed E-state index contributed by atoms with van der Waals surface area (Å²) in [6.45, 7) is -1.51. The van der Waals surface area contributed by atoms with Crippen LogP contribution in [0.2, 0.25) is 0 Å². The average Bonchev–Trinajstić information content (AvgIpc) is 2.58. The zero-order valence-electron chi connectivity index (χ0n) is 11.5. The topological polar surface area (TPSA) is 180 Å². The molecule has 0 saturated carbocycles. The first-order chi connectivity index (χ1) is 11.4. The summed E-state index contributed by atoms with van der Waals surface area (Å²) in [5.41, 5.74) is 0. The third-order valence-corrected chi connectivity index (χ3v) is 1.62. The fourth-order valence-electron chi connectivity index (χ4n) is 0.871. The zero-order chi connectivity index (χ0) is 18.5. The zero-order valence-corrected chi connectivity index (χ0v) is 11.5. The maximum absolute atomic E-state index is 10.8. The molecule has 0 aliphatic heterocycles. The Morgan fingerprint density at radius 1 is 0.542 bits per heavy atom. The highest BCUT2D eigenvalue weighted by molar-refractivity contribution is 6.21. The molecule has 0 saturated heterocycles. The van der Waals surface area contributed by atoms with Crippen molar-refractivity contribution in [1.29, 1.82) is 0 Å². The third kappa shape index (κ3) is 8.70. The first-order valence-electron chi connectivity index (χ1n) is 5.59. The molecule has 0 aromatic heterocycles. The van der Waals surface area contributed by atoms with Gasteiger partial charge in [-0.15, -0.1) is 0 Å². The number of rotatable bonds is 11. The van der Waals surface area contributed by atoms with Crippen LogP contribution in [0.25, 0.3) is 0 Å². The highest BCUT2D eigenvalue weighted by Crippen LogP contribution is 1.99. The molecule has 0 rings (SSSR count). The van der Waals surface area contributed by atoms with Gasteiger partial charge in [-0.3, -0.25) is 19.2 Å². The van der Waals surface area contributed by atoms with E-state index in [0.29, 0.717) is 0 Å². The highest BCUT2D eigenvalue weighted by Gasteiger charge is 2.22. The van der Waals surface area contributed by atoms with Crippen molar-refractivity contribution in [1.82, 2.24) is 10.5 Å². The van der Waals surface area contributed by atoms with Gasteiger partial charge >= 0.3 is 23.9 Å². The molecule has 24 heavy (non-hydrogen) atoms. The lowest BCUT2D eigenvalue weighted by Gasteiger charge is -2.21. The molecule has 0 heterocycles. The molecule has 0 aliphatic carbocycles. The van der Waals surface area contributed by atoms with Gasteiger partial charge in [-0.2, -0.15) is 0 Å². The molecule has 0 N–H and O–H groups in total. The van der Waals surface area contributed by atoms with E-state index in [4.69, 9.17) is 0 Å². The summed E-state index contributed by atoms with van der Waals surface area (Å²) < 4.78 is 0. The minimum Gasteiger partial charge on any atom is -0.325 e. The van der Waals surface area contributed by atoms with Crippen LogP contribution in [0.15, 0.2) is 0 Å². The fourth-order valence-corrected chi connectivity index (χ4v) is 0.871. The normalized spacial score (nSPS) is 9.58. The predicted octanol–water partition coefficient (Wildman–Crippen LogP) is -3.78. The molecule has 0 aromatic carbocycles. The molecular weight excluding hydrogens is 340 g/mol. The van der Waals surface area contributed by atoms with Crippen LogP contribution < -0.4 is 0 Å². The summed E-state index contributed by atoms with van der Waals surface area (Å²) in [5, 5.41) is 0.0356. The van der Waals surface area contributed by atoms with Crippen LogP contribution in [0.1, 0.15) is 0 Å². The molecule has 0 amide bonds. The van der Waals surface area contributed by atoms with Crippen LogP contribution in [-0.4, -0.2) is 72.6 Å². The van der Waals surface area contributed by atoms with Crippen molar-refractivity contribution in [2.24, 2.45) is 0 Å². The fraction of sp³-hybridized carbons (Fsp3) is 0.200. The van der Waals surface area contributed by atoms with E-state index in [0.717, 1.165) is 0 Å². The lowest BCUT2D eigenvalue weighted by atomic mass is 10.6. The Morgan fingerprint density at radius 3 is 0.917 bits per heavy atom. The third-order valence-electron chi connectivity index (χ3n) is 1.62. The Kier molecular flexibility index (Phi) is 9.47. The van der Waals surface area contributed by atoms with Crippen molar-refractivity contribution in [2.75, 3.05) is 13.1 Å². The average molecular weight is 348 g/mol. The minimum atomic E-state index is -1.53. The Labute approximate surface area is 131 Å². The number of hydrogen-bond acceptors (Lipinski definition) is 14. The number of hydroxylamine groups is 4. The summed E-state index contributed by atoms with van der Waals surface area (Å²) in [6, 6.07) is 0. The maximum Gasteiger partial charge on any atom is 0.392 e. The van der Waals surface area contributed by atoms with E-state index in [1.807, 2.05) is 0 Å². The van der Waals surface area contributed by atoms with E-state index >= 15 is 0 Å². The molecule has 0 radical (unpaired) electrons. The Balaban J connectivity index is 4.89. The molecule has 0 atom stereocenters. The second-order valence-electron chi connectivity index (χ2n) is 3.23. The monoisotopic (exact) mass is 348 g/mol. The van der Waals surface area contributed by atoms with Crippen molar-refractivity contribution in [3.05, 3.63) is 0 Å². The minimum absolute atomic E-state index is 0.0178. The first kappa shape index (κ1) is 20.5. The molecule has 130 valence electrons. The molecule has 0 fully saturated rings. The van der Waals surface area contributed by atoms with Crippen molar-refractivity contribution >= 4 is 49.0 Å². The first-order valence-corrected chi connectivity index (χ1v) is 5.59. The number of hydrogen-bond donors (Lipinski definition) is 0. The van der Waals surface area contributed by atoms with Crippen LogP contribution in [0, 0.1) is 0 Å². The van der Waals surface area contributed by atoms with Gasteiger partial charge in [-0.1, -0.05) is 0 Å². The molecule has 0 aliphatic rings. The Hall–Kier alpha value is -3.52. The van der Waals surface area contributed by atoms with Gasteiger partial charge in [-0.05, 0) is 0 Å². The number of carbonyl (C=O) groups is 8. The van der Waals surface area contributed by atoms with Gasteiger partial charge in [0.2, 0.25) is 25.1 Å². The SMILES string of the molecule is O=CC(=O)ON(CCN(OC(=O)C=O)OC(=O)C=O)OC(=O)C=O. The summed E-state index contributed by atoms with van der Waals surface area (Å²) in [6.07, 6.45) is -1.23. The van der Waals surface area contributed by atoms with Crippen LogP contribution in [0.4, 0.5) is 0 Å². The number of nitrogens with zero attached hydrogens (tertiary/aromatic N) is 2. The van der Waals surface area contributed by atoms with Crippen molar-refractivity contribution < 1.29 is 57.7 Å². The van der Waals surface area contributed by atoms with E-state index in [1.165, 1.54) is 0 Å². The second-order valence-corrected chi connectivity index (χ2v) is 3.23. The maximum atomic E-state index is 10.8. The number of carbonyl (C=O) groups excluding carboxylic acids is 8. The van der Waals surface area contributed by atoms with Crippen molar-refractivity contribution in [2.45, 2.75) is 0 Å². The van der Waals surface area contributed by atoms with E-state index in [1.54, 1.807) is 0 Å². The predicted molar refractivity (Wildman–Crippen MR) is 62.0 cm³/mol. The smallest absolute Gasteiger partial charge is 0.325 e. The van der Waals surface area contributed by atoms with Crippen LogP contribution >= 0.6 is 0 Å². The van der Waals surface area contributed by atoms with Gasteiger partial charge in [-0.25, -0.2) is 19.2 Å². The molecular formula is C10H8N2O12. The van der Waals surface area contributed by atoms with Crippen molar-refractivity contribution in [3.63, 3.8) is 0 Å². The summed E-state index contributed by atoms with van der Waals surface area (Å²) in [5.74, 6) is -6.13. The van der Waals surface area contributed by atoms with Crippen LogP contribution in [0.3, 0.4) is 0 Å². The quantitative estimate of drug-likeness (QED) is 0.201. The summed E-state index contributed by atoms with van der Waals surface area (Å²) in [4.78, 5) is 100. The molecule has 0 unspecified atom stereocenters. The largest absolute Gasteiger partial charge is 0.392 e. The lowest BCUT2D eigenvalue weighted by Crippen LogP contribution is -2.40. The molecule has 14 nitrogen and oxygen atoms in total. The molecule has 0 spiro atoms. The van der Waals surface area contributed by atoms with E-state index in [2.05, 4.69) is 19.4 Å². The molecule has 0 aromatic rings. The Morgan fingerprint density at radius 2 is 0.750 bits per heavy atom. The van der Waals surface area contributed by atoms with E-state index < -0.39 is 37.0 Å². The Bertz CT molecular complexity index is 452.